The van der Waals surface area contributed by atoms with Gasteiger partial charge in [0.05, 0.1) is 37.3 Å². The number of halogens is 3. The van der Waals surface area contributed by atoms with Gasteiger partial charge in [0.2, 0.25) is 11.7 Å². The SMILES string of the molecule is COC(=O)C(C)(C)COc1ccc(-c2ccc(-c3nc(C(F)(F)F)n(COCC[S+](C)C)n3)cn2)cn1. The molecule has 0 amide bonds. The van der Waals surface area contributed by atoms with Gasteiger partial charge in [-0.1, -0.05) is 0 Å². The number of esters is 1. The van der Waals surface area contributed by atoms with E-state index in [0.29, 0.717) is 29.3 Å². The number of hydrogen-bond acceptors (Lipinski definition) is 8. The third-order valence-corrected chi connectivity index (χ3v) is 6.13. The van der Waals surface area contributed by atoms with E-state index in [-0.39, 0.29) is 30.1 Å². The molecule has 0 aliphatic carbocycles. The topological polar surface area (TPSA) is 101 Å². The number of rotatable bonds is 11. The summed E-state index contributed by atoms with van der Waals surface area (Å²) in [4.78, 5) is 24.0. The molecule has 3 rings (SSSR count). The molecule has 0 bridgehead atoms. The number of aromatic nitrogens is 5. The molecule has 13 heteroatoms. The lowest BCUT2D eigenvalue weighted by atomic mass is 9.95. The van der Waals surface area contributed by atoms with E-state index in [0.717, 1.165) is 10.4 Å². The van der Waals surface area contributed by atoms with E-state index in [1.807, 2.05) is 12.5 Å². The van der Waals surface area contributed by atoms with Gasteiger partial charge in [-0.2, -0.15) is 13.2 Å². The van der Waals surface area contributed by atoms with Crippen LogP contribution in [-0.2, 0) is 38.1 Å². The third-order valence-electron chi connectivity index (χ3n) is 5.15. The van der Waals surface area contributed by atoms with Crippen LogP contribution < -0.4 is 4.74 Å². The fourth-order valence-corrected chi connectivity index (χ4v) is 3.50. The molecule has 3 aromatic heterocycles. The average Bonchev–Trinajstić information content (AvgIpc) is 3.30. The number of hydrogen-bond donors (Lipinski definition) is 0. The first kappa shape index (κ1) is 28.4. The smallest absolute Gasteiger partial charge is 0.451 e. The molecule has 0 radical (unpaired) electrons. The van der Waals surface area contributed by atoms with Crippen molar-refractivity contribution in [1.29, 1.82) is 0 Å². The largest absolute Gasteiger partial charge is 0.476 e. The maximum atomic E-state index is 13.5. The number of alkyl halides is 3. The quantitative estimate of drug-likeness (QED) is 0.205. The van der Waals surface area contributed by atoms with Crippen molar-refractivity contribution in [2.75, 3.05) is 38.6 Å². The van der Waals surface area contributed by atoms with Gasteiger partial charge in [-0.05, 0) is 42.9 Å². The predicted molar refractivity (Wildman–Crippen MR) is 133 cm³/mol. The predicted octanol–water partition coefficient (Wildman–Crippen LogP) is 3.85. The zero-order valence-corrected chi connectivity index (χ0v) is 22.0. The van der Waals surface area contributed by atoms with Crippen LogP contribution in [0.2, 0.25) is 0 Å². The van der Waals surface area contributed by atoms with Gasteiger partial charge in [0.15, 0.2) is 5.82 Å². The van der Waals surface area contributed by atoms with Crippen LogP contribution in [-0.4, -0.2) is 69.3 Å². The molecule has 0 saturated heterocycles. The molecule has 0 saturated carbocycles. The maximum Gasteiger partial charge on any atom is 0.451 e. The Morgan fingerprint density at radius 1 is 1.05 bits per heavy atom. The van der Waals surface area contributed by atoms with Crippen LogP contribution in [0.1, 0.15) is 19.7 Å². The normalized spacial score (nSPS) is 12.1. The van der Waals surface area contributed by atoms with Gasteiger partial charge >= 0.3 is 12.1 Å². The number of carbonyl (C=O) groups is 1. The zero-order valence-electron chi connectivity index (χ0n) is 21.2. The number of ether oxygens (including phenoxy) is 3. The minimum atomic E-state index is -4.68. The Morgan fingerprint density at radius 2 is 1.76 bits per heavy atom. The second kappa shape index (κ2) is 11.9. The Morgan fingerprint density at radius 3 is 2.32 bits per heavy atom. The summed E-state index contributed by atoms with van der Waals surface area (Å²) in [5, 5.41) is 4.00. The van der Waals surface area contributed by atoms with Crippen LogP contribution in [0.15, 0.2) is 36.7 Å². The molecule has 0 aromatic carbocycles. The van der Waals surface area contributed by atoms with Gasteiger partial charge in [-0.3, -0.25) is 9.78 Å². The van der Waals surface area contributed by atoms with Crippen LogP contribution in [0, 0.1) is 5.41 Å². The van der Waals surface area contributed by atoms with Crippen LogP contribution >= 0.6 is 0 Å². The highest BCUT2D eigenvalue weighted by molar-refractivity contribution is 7.95. The van der Waals surface area contributed by atoms with Crippen molar-refractivity contribution in [3.05, 3.63) is 42.5 Å². The molecule has 0 aliphatic heterocycles. The lowest BCUT2D eigenvalue weighted by Gasteiger charge is -2.21. The number of pyridine rings is 2. The molecule has 3 aromatic rings. The molecule has 0 atom stereocenters. The van der Waals surface area contributed by atoms with Crippen molar-refractivity contribution in [2.45, 2.75) is 26.8 Å². The second-order valence-electron chi connectivity index (χ2n) is 8.96. The fraction of sp³-hybridized carbons (Fsp3) is 0.458. The summed E-state index contributed by atoms with van der Waals surface area (Å²) >= 11 is 0. The first-order valence-electron chi connectivity index (χ1n) is 11.2. The average molecular weight is 541 g/mol. The Kier molecular flexibility index (Phi) is 9.13. The minimum absolute atomic E-state index is 0.0850. The summed E-state index contributed by atoms with van der Waals surface area (Å²) in [6.45, 7) is 3.48. The molecular formula is C24H29F3N5O4S+. The summed E-state index contributed by atoms with van der Waals surface area (Å²) in [5.41, 5.74) is 0.709. The molecule has 0 unspecified atom stereocenters. The Hall–Kier alpha value is -3.19. The van der Waals surface area contributed by atoms with Gasteiger partial charge in [0, 0.05) is 29.6 Å². The van der Waals surface area contributed by atoms with Crippen molar-refractivity contribution in [3.8, 4) is 28.5 Å². The molecule has 0 N–H and O–H groups in total. The first-order chi connectivity index (χ1) is 17.4. The summed E-state index contributed by atoms with van der Waals surface area (Å²) in [6, 6.07) is 6.60. The van der Waals surface area contributed by atoms with Gasteiger partial charge in [-0.15, -0.1) is 5.10 Å². The van der Waals surface area contributed by atoms with Gasteiger partial charge in [0.25, 0.3) is 0 Å². The van der Waals surface area contributed by atoms with Crippen LogP contribution in [0.25, 0.3) is 22.6 Å². The lowest BCUT2D eigenvalue weighted by molar-refractivity contribution is -0.152. The summed E-state index contributed by atoms with van der Waals surface area (Å²) in [5.74, 6) is -0.553. The van der Waals surface area contributed by atoms with E-state index in [2.05, 4.69) is 20.1 Å². The van der Waals surface area contributed by atoms with E-state index in [1.54, 1.807) is 44.3 Å². The van der Waals surface area contributed by atoms with E-state index in [9.17, 15) is 18.0 Å². The standard InChI is InChI=1S/C24H29F3N5O4S/c1-23(2,22(33)34-3)14-36-19-9-7-16(12-29-19)18-8-6-17(13-28-18)20-30-21(24(25,26)27)32(31-20)15-35-10-11-37(4)5/h6-9,12-13H,10-11,14-15H2,1-5H3/q+1. The van der Waals surface area contributed by atoms with E-state index < -0.39 is 23.4 Å². The zero-order chi connectivity index (χ0) is 27.2. The third kappa shape index (κ3) is 7.65. The van der Waals surface area contributed by atoms with E-state index >= 15 is 0 Å². The van der Waals surface area contributed by atoms with Crippen molar-refractivity contribution in [1.82, 2.24) is 24.7 Å². The van der Waals surface area contributed by atoms with E-state index in [4.69, 9.17) is 14.2 Å². The highest BCUT2D eigenvalue weighted by Gasteiger charge is 2.38. The molecule has 9 nitrogen and oxygen atoms in total. The van der Waals surface area contributed by atoms with Gasteiger partial charge in [-0.25, -0.2) is 14.6 Å². The van der Waals surface area contributed by atoms with Crippen molar-refractivity contribution < 1.29 is 32.2 Å². The second-order valence-corrected chi connectivity index (χ2v) is 11.3. The molecule has 37 heavy (non-hydrogen) atoms. The van der Waals surface area contributed by atoms with Gasteiger partial charge in [0.1, 0.15) is 19.1 Å². The number of nitrogens with zero attached hydrogens (tertiary/aromatic N) is 5. The highest BCUT2D eigenvalue weighted by atomic mass is 32.2. The Balaban J connectivity index is 1.70. The minimum Gasteiger partial charge on any atom is -0.476 e. The molecule has 200 valence electrons. The van der Waals surface area contributed by atoms with E-state index in [1.165, 1.54) is 13.3 Å². The van der Waals surface area contributed by atoms with Crippen LogP contribution in [0.4, 0.5) is 13.2 Å². The lowest BCUT2D eigenvalue weighted by Crippen LogP contribution is -2.32. The molecule has 0 aliphatic rings. The Bertz CT molecular complexity index is 1180. The van der Waals surface area contributed by atoms with Crippen LogP contribution in [0.3, 0.4) is 0 Å². The monoisotopic (exact) mass is 540 g/mol. The molecule has 0 fully saturated rings. The number of carbonyl (C=O) groups excluding carboxylic acids is 1. The van der Waals surface area contributed by atoms with Gasteiger partial charge < -0.3 is 14.2 Å². The maximum absolute atomic E-state index is 13.5. The van der Waals surface area contributed by atoms with Crippen molar-refractivity contribution in [2.24, 2.45) is 5.41 Å². The molecule has 0 spiro atoms. The number of methoxy groups -OCH3 is 1. The molecule has 3 heterocycles. The fourth-order valence-electron chi connectivity index (χ4n) is 3.04. The summed E-state index contributed by atoms with van der Waals surface area (Å²) in [7, 11) is 1.44. The Labute approximate surface area is 215 Å². The van der Waals surface area contributed by atoms with Crippen molar-refractivity contribution >= 4 is 16.9 Å². The summed E-state index contributed by atoms with van der Waals surface area (Å²) < 4.78 is 56.9. The van der Waals surface area contributed by atoms with Crippen molar-refractivity contribution in [3.63, 3.8) is 0 Å². The highest BCUT2D eigenvalue weighted by Crippen LogP contribution is 2.30. The van der Waals surface area contributed by atoms with Crippen LogP contribution in [0.5, 0.6) is 5.88 Å². The first-order valence-corrected chi connectivity index (χ1v) is 13.4. The summed E-state index contributed by atoms with van der Waals surface area (Å²) in [6.07, 6.45) is 2.33. The molecular weight excluding hydrogens is 511 g/mol.